The summed E-state index contributed by atoms with van der Waals surface area (Å²) in [7, 11) is 0. The van der Waals surface area contributed by atoms with Crippen LogP contribution in [-0.4, -0.2) is 56.9 Å². The van der Waals surface area contributed by atoms with Crippen LogP contribution in [0.3, 0.4) is 0 Å². The van der Waals surface area contributed by atoms with Gasteiger partial charge in [0, 0.05) is 24.5 Å². The van der Waals surface area contributed by atoms with Crippen LogP contribution in [0.15, 0.2) is 17.1 Å². The van der Waals surface area contributed by atoms with Gasteiger partial charge in [0.15, 0.2) is 18.4 Å². The van der Waals surface area contributed by atoms with E-state index >= 15 is 0 Å². The molecule has 1 saturated carbocycles. The van der Waals surface area contributed by atoms with E-state index in [9.17, 15) is 19.2 Å². The maximum absolute atomic E-state index is 12.6. The smallest absolute Gasteiger partial charge is 0.412 e. The van der Waals surface area contributed by atoms with Gasteiger partial charge in [0.2, 0.25) is 0 Å². The number of rotatable bonds is 7. The third kappa shape index (κ3) is 5.93. The largest absolute Gasteiger partial charge is 0.456 e. The van der Waals surface area contributed by atoms with E-state index < -0.39 is 48.3 Å². The molecule has 2 fully saturated rings. The fourth-order valence-corrected chi connectivity index (χ4v) is 4.09. The minimum Gasteiger partial charge on any atom is -0.456 e. The molecular weight excluding hydrogens is 525 g/mol. The van der Waals surface area contributed by atoms with Crippen molar-refractivity contribution in [2.24, 2.45) is 5.92 Å². The molecule has 31 heavy (non-hydrogen) atoms. The molecule has 4 atom stereocenters. The molecule has 1 amide bonds. The van der Waals surface area contributed by atoms with Gasteiger partial charge >= 0.3 is 23.7 Å². The van der Waals surface area contributed by atoms with Crippen LogP contribution in [0, 0.1) is 5.92 Å². The molecule has 1 aromatic rings. The summed E-state index contributed by atoms with van der Waals surface area (Å²) in [5, 5.41) is 2.42. The van der Waals surface area contributed by atoms with Gasteiger partial charge in [-0.15, -0.1) is 0 Å². The second-order valence-electron chi connectivity index (χ2n) is 7.39. The molecule has 170 valence electrons. The van der Waals surface area contributed by atoms with E-state index in [0.717, 1.165) is 23.8 Å². The molecule has 0 aromatic carbocycles. The molecule has 1 saturated heterocycles. The second-order valence-corrected chi connectivity index (χ2v) is 8.27. The van der Waals surface area contributed by atoms with Gasteiger partial charge in [0.25, 0.3) is 0 Å². The molecule has 0 spiro atoms. The van der Waals surface area contributed by atoms with E-state index in [4.69, 9.17) is 18.9 Å². The monoisotopic (exact) mass is 549 g/mol. The Labute approximate surface area is 191 Å². The van der Waals surface area contributed by atoms with Gasteiger partial charge in [0.1, 0.15) is 11.9 Å². The Hall–Kier alpha value is -2.22. The highest BCUT2D eigenvalue weighted by molar-refractivity contribution is 14.1. The number of hydrogen-bond acceptors (Lipinski definition) is 9. The van der Waals surface area contributed by atoms with Gasteiger partial charge in [-0.3, -0.25) is 19.5 Å². The first kappa shape index (κ1) is 23.4. The predicted octanol–water partition coefficient (Wildman–Crippen LogP) is 1.79. The number of carbonyl (C=O) groups excluding carboxylic acids is 3. The third-order valence-electron chi connectivity index (χ3n) is 5.05. The third-order valence-corrected chi connectivity index (χ3v) is 5.92. The number of carbonyl (C=O) groups is 3. The van der Waals surface area contributed by atoms with Gasteiger partial charge < -0.3 is 18.9 Å². The summed E-state index contributed by atoms with van der Waals surface area (Å²) in [6.45, 7) is 2.78. The Balaban J connectivity index is 1.74. The Morgan fingerprint density at radius 3 is 2.45 bits per heavy atom. The summed E-state index contributed by atoms with van der Waals surface area (Å²) in [6, 6.07) is 1.40. The molecule has 12 heteroatoms. The van der Waals surface area contributed by atoms with E-state index in [1.807, 2.05) is 22.6 Å². The van der Waals surface area contributed by atoms with Crippen molar-refractivity contribution in [3.05, 3.63) is 22.7 Å². The first-order valence-corrected chi connectivity index (χ1v) is 11.4. The number of amides is 1. The molecule has 0 unspecified atom stereocenters. The quantitative estimate of drug-likeness (QED) is 0.234. The number of nitrogens with zero attached hydrogens (tertiary/aromatic N) is 2. The molecule has 3 rings (SSSR count). The van der Waals surface area contributed by atoms with Crippen molar-refractivity contribution in [2.45, 2.75) is 57.6 Å². The molecule has 0 bridgehead atoms. The lowest BCUT2D eigenvalue weighted by Gasteiger charge is -2.24. The molecule has 0 radical (unpaired) electrons. The van der Waals surface area contributed by atoms with Gasteiger partial charge in [-0.25, -0.2) is 9.59 Å². The van der Waals surface area contributed by atoms with Crippen molar-refractivity contribution >= 4 is 46.4 Å². The normalized spacial score (nSPS) is 25.4. The first-order valence-electron chi connectivity index (χ1n) is 9.87. The van der Waals surface area contributed by atoms with E-state index in [0.29, 0.717) is 17.0 Å². The van der Waals surface area contributed by atoms with Crippen molar-refractivity contribution in [1.29, 1.82) is 0 Å². The Morgan fingerprint density at radius 2 is 1.90 bits per heavy atom. The van der Waals surface area contributed by atoms with Gasteiger partial charge in [-0.05, 0) is 24.8 Å². The Kier molecular flexibility index (Phi) is 7.86. The maximum Gasteiger partial charge on any atom is 0.412 e. The number of ether oxygens (including phenoxy) is 4. The summed E-state index contributed by atoms with van der Waals surface area (Å²) < 4.78 is 23.2. The van der Waals surface area contributed by atoms with E-state index in [-0.39, 0.29) is 5.82 Å². The molecule has 2 heterocycles. The lowest BCUT2D eigenvalue weighted by molar-refractivity contribution is -0.165. The van der Waals surface area contributed by atoms with Crippen molar-refractivity contribution < 1.29 is 33.3 Å². The van der Waals surface area contributed by atoms with Crippen LogP contribution < -0.4 is 11.0 Å². The fourth-order valence-electron chi connectivity index (χ4n) is 3.38. The average molecular weight is 549 g/mol. The highest BCUT2D eigenvalue weighted by Crippen LogP contribution is 2.34. The standard InChI is InChI=1S/C19H24IN3O8/c1-10(24)29-15-13(8-20)31-17(16(15)30-11(2)25)23-7-6-14(21-18(23)26)22-19(27)28-9-12-4-3-5-12/h6-7,12-13,15-17H,3-5,8-9H2,1-2H3,(H,21,22,26,27)/t13-,15-,16-,17-/m1/s1. The van der Waals surface area contributed by atoms with Crippen LogP contribution in [-0.2, 0) is 28.5 Å². The van der Waals surface area contributed by atoms with Crippen LogP contribution in [0.5, 0.6) is 0 Å². The summed E-state index contributed by atoms with van der Waals surface area (Å²) in [5.74, 6) is -0.769. The number of esters is 2. The molecule has 1 aromatic heterocycles. The van der Waals surface area contributed by atoms with Crippen molar-refractivity contribution in [2.75, 3.05) is 16.4 Å². The fraction of sp³-hybridized carbons (Fsp3) is 0.632. The molecule has 2 aliphatic rings. The minimum absolute atomic E-state index is 0.0175. The number of alkyl halides is 1. The zero-order valence-corrected chi connectivity index (χ0v) is 19.3. The minimum atomic E-state index is -1.05. The van der Waals surface area contributed by atoms with Crippen LogP contribution in [0.1, 0.15) is 39.3 Å². The lowest BCUT2D eigenvalue weighted by atomic mass is 9.86. The van der Waals surface area contributed by atoms with Crippen molar-refractivity contribution in [1.82, 2.24) is 9.55 Å². The molecule has 11 nitrogen and oxygen atoms in total. The van der Waals surface area contributed by atoms with Crippen LogP contribution in [0.2, 0.25) is 0 Å². The molecule has 1 N–H and O–H groups in total. The summed E-state index contributed by atoms with van der Waals surface area (Å²) >= 11 is 2.05. The van der Waals surface area contributed by atoms with Gasteiger partial charge in [0.05, 0.1) is 6.61 Å². The van der Waals surface area contributed by atoms with Gasteiger partial charge in [-0.1, -0.05) is 29.0 Å². The summed E-state index contributed by atoms with van der Waals surface area (Å²) in [6.07, 6.45) is 0.339. The van der Waals surface area contributed by atoms with Crippen LogP contribution >= 0.6 is 22.6 Å². The van der Waals surface area contributed by atoms with Crippen molar-refractivity contribution in [3.8, 4) is 0 Å². The summed E-state index contributed by atoms with van der Waals surface area (Å²) in [5.41, 5.74) is -0.741. The Bertz CT molecular complexity index is 887. The number of nitrogens with one attached hydrogen (secondary N) is 1. The zero-order chi connectivity index (χ0) is 22.5. The van der Waals surface area contributed by atoms with Crippen molar-refractivity contribution in [3.63, 3.8) is 0 Å². The zero-order valence-electron chi connectivity index (χ0n) is 17.1. The topological polar surface area (TPSA) is 135 Å². The predicted molar refractivity (Wildman–Crippen MR) is 115 cm³/mol. The highest BCUT2D eigenvalue weighted by atomic mass is 127. The SMILES string of the molecule is CC(=O)O[C@@H]1[C@H](OC(C)=O)[C@@H](CI)O[C@H]1n1ccc(NC(=O)OCC2CCC2)nc1=O. The van der Waals surface area contributed by atoms with E-state index in [1.165, 1.54) is 26.1 Å². The molecule has 1 aliphatic heterocycles. The Morgan fingerprint density at radius 1 is 1.23 bits per heavy atom. The maximum atomic E-state index is 12.6. The van der Waals surface area contributed by atoms with Crippen LogP contribution in [0.4, 0.5) is 10.6 Å². The average Bonchev–Trinajstić information content (AvgIpc) is 2.96. The summed E-state index contributed by atoms with van der Waals surface area (Å²) in [4.78, 5) is 51.5. The van der Waals surface area contributed by atoms with E-state index in [1.54, 1.807) is 0 Å². The van der Waals surface area contributed by atoms with E-state index in [2.05, 4.69) is 10.3 Å². The lowest BCUT2D eigenvalue weighted by Crippen LogP contribution is -2.41. The number of hydrogen-bond donors (Lipinski definition) is 1. The molecule has 1 aliphatic carbocycles. The number of anilines is 1. The van der Waals surface area contributed by atoms with Crippen LogP contribution in [0.25, 0.3) is 0 Å². The molecular formula is C19H24IN3O8. The number of aromatic nitrogens is 2. The van der Waals surface area contributed by atoms with Gasteiger partial charge in [-0.2, -0.15) is 4.98 Å². The first-order chi connectivity index (χ1) is 14.8. The highest BCUT2D eigenvalue weighted by Gasteiger charge is 2.49. The number of halogens is 1. The second kappa shape index (κ2) is 10.4.